The minimum Gasteiger partial charge on any atom is -0.475 e. The van der Waals surface area contributed by atoms with Gasteiger partial charge in [0.15, 0.2) is 0 Å². The normalized spacial score (nSPS) is 10.0. The highest BCUT2D eigenvalue weighted by Gasteiger charge is 2.38. The second kappa shape index (κ2) is 8.18. The molecule has 4 N–H and O–H groups in total. The van der Waals surface area contributed by atoms with Gasteiger partial charge in [-0.2, -0.15) is 26.3 Å². The predicted octanol–water partition coefficient (Wildman–Crippen LogP) is 0.368. The van der Waals surface area contributed by atoms with Crippen molar-refractivity contribution in [2.75, 3.05) is 0 Å². The summed E-state index contributed by atoms with van der Waals surface area (Å²) < 4.78 is 63.5. The number of carbonyl (C=O) groups is 3. The lowest BCUT2D eigenvalue weighted by molar-refractivity contribution is -0.193. The fourth-order valence-electron chi connectivity index (χ4n) is 0. The number of amides is 1. The molecule has 6 nitrogen and oxygen atoms in total. The van der Waals surface area contributed by atoms with E-state index in [0.29, 0.717) is 0 Å². The zero-order valence-electron chi connectivity index (χ0n) is 7.54. The summed E-state index contributed by atoms with van der Waals surface area (Å²) in [6.07, 6.45) is -9.92. The molecule has 0 saturated carbocycles. The molecule has 17 heavy (non-hydrogen) atoms. The number of carboxylic acid groups (broad SMARTS) is 2. The summed E-state index contributed by atoms with van der Waals surface area (Å²) >= 11 is 0. The van der Waals surface area contributed by atoms with Crippen molar-refractivity contribution in [1.29, 1.82) is 0 Å². The second-order valence-corrected chi connectivity index (χ2v) is 1.74. The van der Waals surface area contributed by atoms with E-state index >= 15 is 0 Å². The summed E-state index contributed by atoms with van der Waals surface area (Å²) in [7, 11) is 0. The third kappa shape index (κ3) is 20.2. The number of nitrogens with two attached hydrogens (primary N) is 1. The van der Waals surface area contributed by atoms with E-state index < -0.39 is 24.3 Å². The number of carboxylic acids is 2. The molecule has 0 aromatic carbocycles. The molecule has 0 heterocycles. The first-order valence-electron chi connectivity index (χ1n) is 3.06. The molecule has 0 aliphatic carbocycles. The molecule has 1 amide bonds. The van der Waals surface area contributed by atoms with E-state index in [2.05, 4.69) is 5.73 Å². The largest absolute Gasteiger partial charge is 0.490 e. The van der Waals surface area contributed by atoms with E-state index in [4.69, 9.17) is 24.6 Å². The number of rotatable bonds is 0. The molecular formula is C5H5F6NO5. The standard InChI is InChI=1S/2C2HF3O2.CH3NO/c2*3-2(4,5)1(6)7;2-1-3/h2*(H,6,7);1H,(H2,2,3). The molecule has 0 bridgehead atoms. The molecular weight excluding hydrogens is 268 g/mol. The van der Waals surface area contributed by atoms with Crippen LogP contribution < -0.4 is 5.73 Å². The summed E-state index contributed by atoms with van der Waals surface area (Å²) in [5.74, 6) is -5.51. The Balaban J connectivity index is -0.000000188. The molecule has 0 rings (SSSR count). The summed E-state index contributed by atoms with van der Waals surface area (Å²) in [6, 6.07) is 0. The van der Waals surface area contributed by atoms with Gasteiger partial charge in [0.2, 0.25) is 6.41 Å². The highest BCUT2D eigenvalue weighted by Crippen LogP contribution is 2.13. The summed E-state index contributed by atoms with van der Waals surface area (Å²) in [5.41, 5.74) is 4.17. The SMILES string of the molecule is NC=O.O=C(O)C(F)(F)F.O=C(O)C(F)(F)F. The minimum absolute atomic E-state index is 0.250. The summed E-state index contributed by atoms with van der Waals surface area (Å²) in [5, 5.41) is 14.2. The van der Waals surface area contributed by atoms with Gasteiger partial charge in [0, 0.05) is 0 Å². The minimum atomic E-state index is -5.08. The monoisotopic (exact) mass is 273 g/mol. The first-order valence-corrected chi connectivity index (χ1v) is 3.06. The quantitative estimate of drug-likeness (QED) is 0.435. The number of alkyl halides is 6. The Morgan fingerprint density at radius 1 is 0.882 bits per heavy atom. The maximum atomic E-state index is 10.6. The Hall–Kier alpha value is -2.01. The molecule has 0 aromatic heterocycles. The average molecular weight is 273 g/mol. The molecule has 0 saturated heterocycles. The molecule has 0 aromatic rings. The van der Waals surface area contributed by atoms with Crippen molar-refractivity contribution >= 4 is 18.3 Å². The third-order valence-electron chi connectivity index (χ3n) is 0.485. The van der Waals surface area contributed by atoms with E-state index in [1.54, 1.807) is 0 Å². The maximum absolute atomic E-state index is 10.6. The first-order chi connectivity index (χ1) is 7.30. The summed E-state index contributed by atoms with van der Waals surface area (Å²) in [6.45, 7) is 0. The Kier molecular flexibility index (Phi) is 9.82. The van der Waals surface area contributed by atoms with Crippen molar-refractivity contribution in [2.45, 2.75) is 12.4 Å². The van der Waals surface area contributed by atoms with E-state index in [-0.39, 0.29) is 6.41 Å². The fourth-order valence-corrected chi connectivity index (χ4v) is 0. The van der Waals surface area contributed by atoms with Crippen LogP contribution in [0.5, 0.6) is 0 Å². The van der Waals surface area contributed by atoms with Crippen LogP contribution in [0.25, 0.3) is 0 Å². The number of carbonyl (C=O) groups excluding carboxylic acids is 1. The Labute approximate surface area is 88.6 Å². The maximum Gasteiger partial charge on any atom is 0.490 e. The van der Waals surface area contributed by atoms with Gasteiger partial charge in [-0.15, -0.1) is 0 Å². The molecule has 0 spiro atoms. The molecule has 0 fully saturated rings. The first kappa shape index (κ1) is 20.4. The third-order valence-corrected chi connectivity index (χ3v) is 0.485. The van der Waals surface area contributed by atoms with Crippen molar-refractivity contribution in [2.24, 2.45) is 5.73 Å². The van der Waals surface area contributed by atoms with Gasteiger partial charge in [-0.3, -0.25) is 4.79 Å². The zero-order chi connectivity index (χ0) is 14.9. The van der Waals surface area contributed by atoms with Crippen molar-refractivity contribution in [3.63, 3.8) is 0 Å². The van der Waals surface area contributed by atoms with Crippen LogP contribution >= 0.6 is 0 Å². The van der Waals surface area contributed by atoms with Crippen LogP contribution in [0.3, 0.4) is 0 Å². The molecule has 0 aliphatic heterocycles. The lowest BCUT2D eigenvalue weighted by Gasteiger charge is -1.93. The van der Waals surface area contributed by atoms with Crippen molar-refractivity contribution < 1.29 is 50.9 Å². The van der Waals surface area contributed by atoms with Gasteiger partial charge in [0.05, 0.1) is 0 Å². The average Bonchev–Trinajstić information content (AvgIpc) is 2.02. The highest BCUT2D eigenvalue weighted by molar-refractivity contribution is 5.73. The smallest absolute Gasteiger partial charge is 0.475 e. The van der Waals surface area contributed by atoms with E-state index in [9.17, 15) is 26.3 Å². The number of aliphatic carboxylic acids is 2. The van der Waals surface area contributed by atoms with Gasteiger partial charge in [-0.1, -0.05) is 0 Å². The van der Waals surface area contributed by atoms with Crippen LogP contribution in [0.2, 0.25) is 0 Å². The van der Waals surface area contributed by atoms with Crippen LogP contribution in [-0.4, -0.2) is 40.9 Å². The predicted molar refractivity (Wildman–Crippen MR) is 37.6 cm³/mol. The highest BCUT2D eigenvalue weighted by atomic mass is 19.4. The number of halogens is 6. The van der Waals surface area contributed by atoms with Crippen LogP contribution in [0.4, 0.5) is 26.3 Å². The van der Waals surface area contributed by atoms with Gasteiger partial charge in [-0.25, -0.2) is 9.59 Å². The van der Waals surface area contributed by atoms with Crippen molar-refractivity contribution in [3.8, 4) is 0 Å². The lowest BCUT2D eigenvalue weighted by atomic mass is 10.7. The Morgan fingerprint density at radius 3 is 0.941 bits per heavy atom. The molecule has 0 unspecified atom stereocenters. The molecule has 102 valence electrons. The molecule has 12 heteroatoms. The summed E-state index contributed by atoms with van der Waals surface area (Å²) in [4.78, 5) is 26.4. The number of hydrogen-bond acceptors (Lipinski definition) is 3. The van der Waals surface area contributed by atoms with Gasteiger partial charge < -0.3 is 15.9 Å². The second-order valence-electron chi connectivity index (χ2n) is 1.74. The van der Waals surface area contributed by atoms with Gasteiger partial charge in [-0.05, 0) is 0 Å². The van der Waals surface area contributed by atoms with Crippen LogP contribution in [0.1, 0.15) is 0 Å². The van der Waals surface area contributed by atoms with Gasteiger partial charge in [0.25, 0.3) is 0 Å². The number of primary amides is 1. The van der Waals surface area contributed by atoms with Crippen molar-refractivity contribution in [1.82, 2.24) is 0 Å². The van der Waals surface area contributed by atoms with Crippen LogP contribution in [0.15, 0.2) is 0 Å². The van der Waals surface area contributed by atoms with Gasteiger partial charge >= 0.3 is 24.3 Å². The van der Waals surface area contributed by atoms with E-state index in [1.807, 2.05) is 0 Å². The Bertz CT molecular complexity index is 235. The zero-order valence-corrected chi connectivity index (χ0v) is 7.54. The fraction of sp³-hybridized carbons (Fsp3) is 0.400. The van der Waals surface area contributed by atoms with Crippen molar-refractivity contribution in [3.05, 3.63) is 0 Å². The molecule has 0 atom stereocenters. The van der Waals surface area contributed by atoms with Crippen LogP contribution in [-0.2, 0) is 14.4 Å². The van der Waals surface area contributed by atoms with Crippen LogP contribution in [0, 0.1) is 0 Å². The Morgan fingerprint density at radius 2 is 0.941 bits per heavy atom. The molecule has 0 radical (unpaired) electrons. The van der Waals surface area contributed by atoms with E-state index in [1.165, 1.54) is 0 Å². The lowest BCUT2D eigenvalue weighted by Crippen LogP contribution is -2.21. The van der Waals surface area contributed by atoms with E-state index in [0.717, 1.165) is 0 Å². The topological polar surface area (TPSA) is 118 Å². The number of hydrogen-bond donors (Lipinski definition) is 3. The van der Waals surface area contributed by atoms with Gasteiger partial charge in [0.1, 0.15) is 0 Å². The molecule has 0 aliphatic rings.